The first-order chi connectivity index (χ1) is 13.1. The van der Waals surface area contributed by atoms with Gasteiger partial charge in [-0.05, 0) is 42.7 Å². The highest BCUT2D eigenvalue weighted by Crippen LogP contribution is 2.25. The summed E-state index contributed by atoms with van der Waals surface area (Å²) < 4.78 is 18.8. The molecule has 2 heterocycles. The molecule has 0 radical (unpaired) electrons. The van der Waals surface area contributed by atoms with Crippen LogP contribution in [0, 0.1) is 12.7 Å². The summed E-state index contributed by atoms with van der Waals surface area (Å²) in [6.45, 7) is 2.30. The minimum absolute atomic E-state index is 0.0607. The molecule has 0 bridgehead atoms. The maximum atomic E-state index is 13.0. The zero-order chi connectivity index (χ0) is 18.8. The summed E-state index contributed by atoms with van der Waals surface area (Å²) in [6.07, 6.45) is 1.33. The number of amides is 1. The highest BCUT2D eigenvalue weighted by Gasteiger charge is 2.23. The van der Waals surface area contributed by atoms with Crippen molar-refractivity contribution in [1.82, 2.24) is 10.3 Å². The van der Waals surface area contributed by atoms with E-state index in [1.807, 2.05) is 31.2 Å². The molecular weight excluding hydrogens is 363 g/mol. The zero-order valence-electron chi connectivity index (χ0n) is 14.9. The third-order valence-electron chi connectivity index (χ3n) is 4.53. The van der Waals surface area contributed by atoms with Crippen molar-refractivity contribution >= 4 is 17.2 Å². The number of carbonyl (C=O) groups is 1. The van der Waals surface area contributed by atoms with E-state index in [4.69, 9.17) is 4.74 Å². The summed E-state index contributed by atoms with van der Waals surface area (Å²) in [4.78, 5) is 17.8. The largest absolute Gasteiger partial charge is 0.491 e. The monoisotopic (exact) mass is 382 g/mol. The van der Waals surface area contributed by atoms with Crippen LogP contribution < -0.4 is 10.1 Å². The molecule has 3 aromatic rings. The average Bonchev–Trinajstić information content (AvgIpc) is 3.04. The lowest BCUT2D eigenvalue weighted by Crippen LogP contribution is -2.42. The molecular formula is C21H19FN2O2S. The van der Waals surface area contributed by atoms with Crippen LogP contribution in [0.5, 0.6) is 5.75 Å². The Morgan fingerprint density at radius 1 is 1.26 bits per heavy atom. The van der Waals surface area contributed by atoms with Crippen molar-refractivity contribution in [1.29, 1.82) is 0 Å². The molecule has 6 heteroatoms. The Morgan fingerprint density at radius 2 is 2.04 bits per heavy atom. The second-order valence-electron chi connectivity index (χ2n) is 6.62. The van der Waals surface area contributed by atoms with Gasteiger partial charge < -0.3 is 10.1 Å². The van der Waals surface area contributed by atoms with Crippen LogP contribution in [0.2, 0.25) is 0 Å². The van der Waals surface area contributed by atoms with Crippen molar-refractivity contribution in [2.45, 2.75) is 25.8 Å². The molecule has 0 aliphatic carbocycles. The number of hydrogen-bond donors (Lipinski definition) is 1. The number of rotatable bonds is 4. The number of benzene rings is 2. The Balaban J connectivity index is 1.43. The summed E-state index contributed by atoms with van der Waals surface area (Å²) in [5, 5.41) is 3.90. The first kappa shape index (κ1) is 17.7. The summed E-state index contributed by atoms with van der Waals surface area (Å²) in [6, 6.07) is 14.2. The molecule has 1 aliphatic heterocycles. The van der Waals surface area contributed by atoms with E-state index in [2.05, 4.69) is 10.3 Å². The lowest BCUT2D eigenvalue weighted by atomic mass is 10.0. The molecule has 0 spiro atoms. The van der Waals surface area contributed by atoms with Crippen molar-refractivity contribution in [3.8, 4) is 5.75 Å². The molecule has 2 aromatic carbocycles. The Kier molecular flexibility index (Phi) is 4.90. The van der Waals surface area contributed by atoms with Crippen LogP contribution in [0.15, 0.2) is 48.5 Å². The number of para-hydroxylation sites is 1. The number of ether oxygens (including phenoxy) is 1. The molecule has 0 saturated carbocycles. The molecule has 1 amide bonds. The second-order valence-corrected chi connectivity index (χ2v) is 7.70. The van der Waals surface area contributed by atoms with E-state index >= 15 is 0 Å². The van der Waals surface area contributed by atoms with E-state index in [-0.39, 0.29) is 17.8 Å². The normalized spacial score (nSPS) is 15.7. The van der Waals surface area contributed by atoms with Gasteiger partial charge in [0.2, 0.25) is 0 Å². The number of aryl methyl sites for hydroxylation is 1. The average molecular weight is 382 g/mol. The lowest BCUT2D eigenvalue weighted by molar-refractivity contribution is 0.0918. The number of halogens is 1. The van der Waals surface area contributed by atoms with Crippen molar-refractivity contribution in [2.75, 3.05) is 6.61 Å². The maximum Gasteiger partial charge on any atom is 0.263 e. The first-order valence-electron chi connectivity index (χ1n) is 8.81. The van der Waals surface area contributed by atoms with E-state index in [0.29, 0.717) is 23.6 Å². The lowest BCUT2D eigenvalue weighted by Gasteiger charge is -2.25. The molecule has 1 atom stereocenters. The van der Waals surface area contributed by atoms with Gasteiger partial charge in [-0.25, -0.2) is 9.37 Å². The van der Waals surface area contributed by atoms with Crippen molar-refractivity contribution in [3.63, 3.8) is 0 Å². The standard InChI is InChI=1S/C21H19FN2O2S/c1-13-20(27-19(23-13)10-14-6-8-16(22)9-7-14)21(25)24-17-11-15-4-2-3-5-18(15)26-12-17/h2-9,17H,10-12H2,1H3,(H,24,25). The summed E-state index contributed by atoms with van der Waals surface area (Å²) in [7, 11) is 0. The predicted molar refractivity (Wildman–Crippen MR) is 103 cm³/mol. The highest BCUT2D eigenvalue weighted by molar-refractivity contribution is 7.13. The van der Waals surface area contributed by atoms with Crippen LogP contribution >= 0.6 is 11.3 Å². The van der Waals surface area contributed by atoms with Crippen molar-refractivity contribution in [2.24, 2.45) is 0 Å². The van der Waals surface area contributed by atoms with Gasteiger partial charge in [0, 0.05) is 6.42 Å². The summed E-state index contributed by atoms with van der Waals surface area (Å²) >= 11 is 1.38. The number of hydrogen-bond acceptors (Lipinski definition) is 4. The zero-order valence-corrected chi connectivity index (χ0v) is 15.7. The van der Waals surface area contributed by atoms with E-state index in [1.165, 1.54) is 23.5 Å². The van der Waals surface area contributed by atoms with Crippen LogP contribution in [-0.2, 0) is 12.8 Å². The molecule has 0 fully saturated rings. The van der Waals surface area contributed by atoms with Gasteiger partial charge in [-0.2, -0.15) is 0 Å². The predicted octanol–water partition coefficient (Wildman–Crippen LogP) is 3.91. The Morgan fingerprint density at radius 3 is 2.85 bits per heavy atom. The Hall–Kier alpha value is -2.73. The van der Waals surface area contributed by atoms with Crippen molar-refractivity contribution < 1.29 is 13.9 Å². The number of nitrogens with one attached hydrogen (secondary N) is 1. The molecule has 138 valence electrons. The van der Waals surface area contributed by atoms with Crippen LogP contribution in [-0.4, -0.2) is 23.5 Å². The van der Waals surface area contributed by atoms with Gasteiger partial charge in [0.15, 0.2) is 0 Å². The number of thiazole rings is 1. The SMILES string of the molecule is Cc1nc(Cc2ccc(F)cc2)sc1C(=O)NC1COc2ccccc2C1. The second kappa shape index (κ2) is 7.48. The van der Waals surface area contributed by atoms with Crippen LogP contribution in [0.4, 0.5) is 4.39 Å². The smallest absolute Gasteiger partial charge is 0.263 e. The van der Waals surface area contributed by atoms with Gasteiger partial charge in [0.05, 0.1) is 16.7 Å². The van der Waals surface area contributed by atoms with E-state index < -0.39 is 0 Å². The number of aromatic nitrogens is 1. The third-order valence-corrected chi connectivity index (χ3v) is 5.69. The maximum absolute atomic E-state index is 13.0. The van der Waals surface area contributed by atoms with Gasteiger partial charge in [0.25, 0.3) is 5.91 Å². The fourth-order valence-electron chi connectivity index (χ4n) is 3.19. The first-order valence-corrected chi connectivity index (χ1v) is 9.62. The number of fused-ring (bicyclic) bond motifs is 1. The Bertz CT molecular complexity index is 969. The van der Waals surface area contributed by atoms with Crippen LogP contribution in [0.1, 0.15) is 31.5 Å². The van der Waals surface area contributed by atoms with E-state index in [1.54, 1.807) is 12.1 Å². The van der Waals surface area contributed by atoms with Gasteiger partial charge in [0.1, 0.15) is 23.1 Å². The molecule has 0 saturated heterocycles. The van der Waals surface area contributed by atoms with Gasteiger partial charge in [-0.3, -0.25) is 4.79 Å². The topological polar surface area (TPSA) is 51.2 Å². The van der Waals surface area contributed by atoms with E-state index in [0.717, 1.165) is 28.3 Å². The molecule has 1 aliphatic rings. The van der Waals surface area contributed by atoms with Gasteiger partial charge in [-0.1, -0.05) is 30.3 Å². The van der Waals surface area contributed by atoms with Gasteiger partial charge >= 0.3 is 0 Å². The fourth-order valence-corrected chi connectivity index (χ4v) is 4.19. The number of nitrogens with zero attached hydrogens (tertiary/aromatic N) is 1. The minimum atomic E-state index is -0.259. The third kappa shape index (κ3) is 4.01. The molecule has 1 aromatic heterocycles. The minimum Gasteiger partial charge on any atom is -0.491 e. The fraction of sp³-hybridized carbons (Fsp3) is 0.238. The van der Waals surface area contributed by atoms with E-state index in [9.17, 15) is 9.18 Å². The number of carbonyl (C=O) groups excluding carboxylic acids is 1. The molecule has 1 N–H and O–H groups in total. The molecule has 4 nitrogen and oxygen atoms in total. The van der Waals surface area contributed by atoms with Crippen LogP contribution in [0.25, 0.3) is 0 Å². The van der Waals surface area contributed by atoms with Gasteiger partial charge in [-0.15, -0.1) is 11.3 Å². The molecule has 1 unspecified atom stereocenters. The quantitative estimate of drug-likeness (QED) is 0.744. The molecule has 27 heavy (non-hydrogen) atoms. The van der Waals surface area contributed by atoms with Crippen LogP contribution in [0.3, 0.4) is 0 Å². The highest BCUT2D eigenvalue weighted by atomic mass is 32.1. The summed E-state index contributed by atoms with van der Waals surface area (Å²) in [5.74, 6) is 0.507. The molecule has 4 rings (SSSR count). The van der Waals surface area contributed by atoms with Crippen molar-refractivity contribution in [3.05, 3.63) is 81.1 Å². The Labute approximate surface area is 161 Å². The summed E-state index contributed by atoms with van der Waals surface area (Å²) in [5.41, 5.74) is 2.79.